The van der Waals surface area contributed by atoms with Crippen molar-refractivity contribution in [2.24, 2.45) is 5.41 Å². The molecule has 0 spiro atoms. The van der Waals surface area contributed by atoms with Crippen LogP contribution in [0.25, 0.3) is 0 Å². The van der Waals surface area contributed by atoms with Gasteiger partial charge in [0.1, 0.15) is 12.4 Å². The third kappa shape index (κ3) is 5.31. The Balaban J connectivity index is 1.60. The largest absolute Gasteiger partial charge is 0.497 e. The molecular formula is C25H37N3O5S. The van der Waals surface area contributed by atoms with E-state index in [0.29, 0.717) is 23.4 Å². The molecule has 3 rings (SSSR count). The number of hydrogen-bond acceptors (Lipinski definition) is 5. The van der Waals surface area contributed by atoms with Crippen LogP contribution in [0.2, 0.25) is 0 Å². The normalized spacial score (nSPS) is 16.6. The molecule has 1 aromatic heterocycles. The number of carbonyl (C=O) groups is 1. The van der Waals surface area contributed by atoms with E-state index >= 15 is 0 Å². The molecule has 1 amide bonds. The molecule has 0 fully saturated rings. The van der Waals surface area contributed by atoms with Gasteiger partial charge in [0.15, 0.2) is 0 Å². The maximum absolute atomic E-state index is 13.1. The standard InChI is InChI=1S/C25H37N3O5S/c1-18-15-20(32-7)16-19(2)23(18)34(30,31)26(6)13-14-33-17-22(29)28-12-11-27-10-8-9-21(27)24(28)25(3,4)5/h8-10,15-16,24H,11-14,17H2,1-7H3. The zero-order chi connectivity index (χ0) is 25.3. The van der Waals surface area contributed by atoms with Crippen molar-refractivity contribution >= 4 is 15.9 Å². The first-order chi connectivity index (χ1) is 15.9. The topological polar surface area (TPSA) is 81.1 Å². The Hall–Kier alpha value is -2.36. The van der Waals surface area contributed by atoms with E-state index in [1.807, 2.05) is 11.0 Å². The molecular weight excluding hydrogens is 454 g/mol. The van der Waals surface area contributed by atoms with Crippen molar-refractivity contribution in [3.05, 3.63) is 47.3 Å². The summed E-state index contributed by atoms with van der Waals surface area (Å²) in [5.41, 5.74) is 2.25. The minimum atomic E-state index is -3.70. The molecule has 1 atom stereocenters. The van der Waals surface area contributed by atoms with Gasteiger partial charge in [-0.1, -0.05) is 20.8 Å². The summed E-state index contributed by atoms with van der Waals surface area (Å²) < 4.78 is 40.6. The zero-order valence-electron chi connectivity index (χ0n) is 21.3. The van der Waals surface area contributed by atoms with Gasteiger partial charge in [0.25, 0.3) is 0 Å². The quantitative estimate of drug-likeness (QED) is 0.529. The van der Waals surface area contributed by atoms with E-state index in [4.69, 9.17) is 9.47 Å². The summed E-state index contributed by atoms with van der Waals surface area (Å²) in [6, 6.07) is 7.46. The molecule has 2 aromatic rings. The van der Waals surface area contributed by atoms with Crippen LogP contribution < -0.4 is 4.74 Å². The number of carbonyl (C=O) groups excluding carboxylic acids is 1. The SMILES string of the molecule is COc1cc(C)c(S(=O)(=O)N(C)CCOCC(=O)N2CCn3cccc3C2C(C)(C)C)c(C)c1. The van der Waals surface area contributed by atoms with Gasteiger partial charge in [-0.25, -0.2) is 8.42 Å². The van der Waals surface area contributed by atoms with Crippen molar-refractivity contribution in [3.63, 3.8) is 0 Å². The minimum absolute atomic E-state index is 0.0450. The average molecular weight is 492 g/mol. The number of likely N-dealkylation sites (N-methyl/N-ethyl adjacent to an activating group) is 1. The number of ether oxygens (including phenoxy) is 2. The van der Waals surface area contributed by atoms with Crippen LogP contribution in [-0.4, -0.2) is 68.6 Å². The van der Waals surface area contributed by atoms with E-state index in [-0.39, 0.29) is 42.0 Å². The maximum Gasteiger partial charge on any atom is 0.249 e. The summed E-state index contributed by atoms with van der Waals surface area (Å²) in [4.78, 5) is 15.2. The fourth-order valence-corrected chi connectivity index (χ4v) is 6.27. The van der Waals surface area contributed by atoms with E-state index in [9.17, 15) is 13.2 Å². The molecule has 1 aliphatic rings. The Bertz CT molecular complexity index is 1110. The minimum Gasteiger partial charge on any atom is -0.497 e. The molecule has 0 saturated carbocycles. The highest BCUT2D eigenvalue weighted by molar-refractivity contribution is 7.89. The number of fused-ring (bicyclic) bond motifs is 1. The number of hydrogen-bond donors (Lipinski definition) is 0. The predicted molar refractivity (Wildman–Crippen MR) is 131 cm³/mol. The van der Waals surface area contributed by atoms with Crippen LogP contribution in [0.4, 0.5) is 0 Å². The molecule has 1 unspecified atom stereocenters. The highest BCUT2D eigenvalue weighted by atomic mass is 32.2. The number of rotatable bonds is 8. The van der Waals surface area contributed by atoms with Crippen molar-refractivity contribution in [2.75, 3.05) is 40.5 Å². The van der Waals surface area contributed by atoms with Gasteiger partial charge < -0.3 is 18.9 Å². The van der Waals surface area contributed by atoms with Gasteiger partial charge in [-0.05, 0) is 54.7 Å². The molecule has 0 saturated heterocycles. The van der Waals surface area contributed by atoms with Gasteiger partial charge in [-0.2, -0.15) is 4.31 Å². The third-order valence-corrected chi connectivity index (χ3v) is 8.46. The predicted octanol–water partition coefficient (Wildman–Crippen LogP) is 3.38. The summed E-state index contributed by atoms with van der Waals surface area (Å²) in [6.45, 7) is 11.5. The second-order valence-electron chi connectivity index (χ2n) is 9.95. The lowest BCUT2D eigenvalue weighted by atomic mass is 9.82. The fourth-order valence-electron chi connectivity index (χ4n) is 4.71. The molecule has 2 heterocycles. The molecule has 8 nitrogen and oxygen atoms in total. The number of nitrogens with zero attached hydrogens (tertiary/aromatic N) is 3. The Kier molecular flexibility index (Phi) is 7.79. The molecule has 1 aliphatic heterocycles. The lowest BCUT2D eigenvalue weighted by Crippen LogP contribution is -2.48. The van der Waals surface area contributed by atoms with Crippen molar-refractivity contribution in [1.82, 2.24) is 13.8 Å². The van der Waals surface area contributed by atoms with Crippen molar-refractivity contribution in [3.8, 4) is 5.75 Å². The van der Waals surface area contributed by atoms with Gasteiger partial charge in [-0.3, -0.25) is 4.79 Å². The zero-order valence-corrected chi connectivity index (χ0v) is 22.1. The molecule has 0 aliphatic carbocycles. The summed E-state index contributed by atoms with van der Waals surface area (Å²) in [5.74, 6) is 0.539. The van der Waals surface area contributed by atoms with Gasteiger partial charge in [-0.15, -0.1) is 0 Å². The molecule has 9 heteroatoms. The smallest absolute Gasteiger partial charge is 0.249 e. The molecule has 34 heavy (non-hydrogen) atoms. The maximum atomic E-state index is 13.1. The van der Waals surface area contributed by atoms with Crippen LogP contribution >= 0.6 is 0 Å². The van der Waals surface area contributed by atoms with Crippen molar-refractivity contribution < 1.29 is 22.7 Å². The summed E-state index contributed by atoms with van der Waals surface area (Å²) in [6.07, 6.45) is 2.05. The Labute approximate surface area is 203 Å². The molecule has 188 valence electrons. The third-order valence-electron chi connectivity index (χ3n) is 6.29. The fraction of sp³-hybridized carbons (Fsp3) is 0.560. The van der Waals surface area contributed by atoms with Crippen LogP contribution in [-0.2, 0) is 26.1 Å². The number of benzene rings is 1. The first-order valence-electron chi connectivity index (χ1n) is 11.5. The monoisotopic (exact) mass is 491 g/mol. The average Bonchev–Trinajstić information content (AvgIpc) is 3.22. The van der Waals surface area contributed by atoms with E-state index in [2.05, 4.69) is 37.6 Å². The van der Waals surface area contributed by atoms with Crippen LogP contribution in [0, 0.1) is 19.3 Å². The van der Waals surface area contributed by atoms with Crippen LogP contribution in [0.15, 0.2) is 35.4 Å². The highest BCUT2D eigenvalue weighted by Crippen LogP contribution is 2.40. The molecule has 0 bridgehead atoms. The van der Waals surface area contributed by atoms with Gasteiger partial charge in [0.2, 0.25) is 15.9 Å². The Morgan fingerprint density at radius 3 is 2.41 bits per heavy atom. The van der Waals surface area contributed by atoms with Crippen LogP contribution in [0.5, 0.6) is 5.75 Å². The van der Waals surface area contributed by atoms with E-state index < -0.39 is 10.0 Å². The van der Waals surface area contributed by atoms with E-state index in [1.54, 1.807) is 33.1 Å². The first kappa shape index (κ1) is 26.2. The molecule has 0 radical (unpaired) electrons. The summed E-state index contributed by atoms with van der Waals surface area (Å²) in [5, 5.41) is 0. The second kappa shape index (κ2) is 10.1. The Morgan fingerprint density at radius 1 is 1.18 bits per heavy atom. The molecule has 0 N–H and O–H groups in total. The Morgan fingerprint density at radius 2 is 1.82 bits per heavy atom. The lowest BCUT2D eigenvalue weighted by molar-refractivity contribution is -0.142. The highest BCUT2D eigenvalue weighted by Gasteiger charge is 2.38. The van der Waals surface area contributed by atoms with Gasteiger partial charge >= 0.3 is 0 Å². The number of sulfonamides is 1. The summed E-state index contributed by atoms with van der Waals surface area (Å²) >= 11 is 0. The number of methoxy groups -OCH3 is 1. The van der Waals surface area contributed by atoms with Gasteiger partial charge in [0, 0.05) is 38.6 Å². The van der Waals surface area contributed by atoms with Crippen LogP contribution in [0.3, 0.4) is 0 Å². The van der Waals surface area contributed by atoms with Crippen molar-refractivity contribution in [2.45, 2.75) is 52.1 Å². The van der Waals surface area contributed by atoms with Crippen LogP contribution in [0.1, 0.15) is 43.6 Å². The van der Waals surface area contributed by atoms with E-state index in [1.165, 1.54) is 11.4 Å². The summed E-state index contributed by atoms with van der Waals surface area (Å²) in [7, 11) is -0.622. The number of amides is 1. The van der Waals surface area contributed by atoms with Crippen molar-refractivity contribution in [1.29, 1.82) is 0 Å². The van der Waals surface area contributed by atoms with E-state index in [0.717, 1.165) is 12.2 Å². The lowest BCUT2D eigenvalue weighted by Gasteiger charge is -2.44. The van der Waals surface area contributed by atoms with Gasteiger partial charge in [0.05, 0.1) is 24.7 Å². The number of aryl methyl sites for hydroxylation is 2. The second-order valence-corrected chi connectivity index (χ2v) is 11.9. The first-order valence-corrected chi connectivity index (χ1v) is 13.0. The molecule has 1 aromatic carbocycles. The number of aromatic nitrogens is 1.